The summed E-state index contributed by atoms with van der Waals surface area (Å²) >= 11 is 3.28. The van der Waals surface area contributed by atoms with Crippen molar-refractivity contribution in [2.75, 3.05) is 26.2 Å². The van der Waals surface area contributed by atoms with Gasteiger partial charge in [-0.15, -0.1) is 0 Å². The Morgan fingerprint density at radius 2 is 1.78 bits per heavy atom. The van der Waals surface area contributed by atoms with Crippen LogP contribution < -0.4 is 0 Å². The van der Waals surface area contributed by atoms with E-state index in [2.05, 4.69) is 15.9 Å². The number of allylic oxidation sites excluding steroid dienone is 3. The molecule has 1 heterocycles. The number of carbonyl (C=O) groups is 1. The van der Waals surface area contributed by atoms with Crippen molar-refractivity contribution in [2.24, 2.45) is 0 Å². The summed E-state index contributed by atoms with van der Waals surface area (Å²) in [7, 11) is -3.54. The van der Waals surface area contributed by atoms with Crippen LogP contribution in [0.15, 0.2) is 57.9 Å². The molecule has 2 rings (SSSR count). The minimum absolute atomic E-state index is 0.0963. The summed E-state index contributed by atoms with van der Waals surface area (Å²) in [6.07, 6.45) is 6.81. The lowest BCUT2D eigenvalue weighted by molar-refractivity contribution is -0.127. The third kappa shape index (κ3) is 4.31. The summed E-state index contributed by atoms with van der Waals surface area (Å²) in [5.41, 5.74) is 0. The molecule has 1 aliphatic heterocycles. The fraction of sp³-hybridized carbons (Fsp3) is 0.312. The van der Waals surface area contributed by atoms with Gasteiger partial charge >= 0.3 is 0 Å². The molecule has 0 spiro atoms. The van der Waals surface area contributed by atoms with E-state index >= 15 is 0 Å². The molecule has 0 atom stereocenters. The molecule has 0 aliphatic carbocycles. The van der Waals surface area contributed by atoms with Crippen LogP contribution in [0.5, 0.6) is 0 Å². The Hall–Kier alpha value is -1.44. The SMILES string of the molecule is CC=CC=CC(=O)N1CCN(S(=O)(=O)c2ccccc2Br)CC1. The lowest BCUT2D eigenvalue weighted by Crippen LogP contribution is -2.50. The molecule has 1 saturated heterocycles. The second kappa shape index (κ2) is 7.90. The first-order valence-electron chi connectivity index (χ1n) is 7.30. The quantitative estimate of drug-likeness (QED) is 0.577. The number of amides is 1. The fourth-order valence-electron chi connectivity index (χ4n) is 2.30. The van der Waals surface area contributed by atoms with Gasteiger partial charge in [0, 0.05) is 36.7 Å². The number of piperazine rings is 1. The molecule has 0 radical (unpaired) electrons. The minimum Gasteiger partial charge on any atom is -0.337 e. The van der Waals surface area contributed by atoms with Gasteiger partial charge in [-0.05, 0) is 35.0 Å². The highest BCUT2D eigenvalue weighted by molar-refractivity contribution is 9.10. The summed E-state index contributed by atoms with van der Waals surface area (Å²) < 4.78 is 27.3. The molecule has 1 amide bonds. The Kier molecular flexibility index (Phi) is 6.15. The summed E-state index contributed by atoms with van der Waals surface area (Å²) in [5, 5.41) is 0. The van der Waals surface area contributed by atoms with Crippen molar-refractivity contribution in [1.82, 2.24) is 9.21 Å². The Balaban J connectivity index is 2.04. The number of hydrogen-bond donors (Lipinski definition) is 0. The number of sulfonamides is 1. The lowest BCUT2D eigenvalue weighted by atomic mass is 10.3. The molecule has 1 aromatic carbocycles. The molecule has 23 heavy (non-hydrogen) atoms. The smallest absolute Gasteiger partial charge is 0.246 e. The third-order valence-corrected chi connectivity index (χ3v) is 6.46. The number of halogens is 1. The molecule has 1 aliphatic rings. The first-order chi connectivity index (χ1) is 11.0. The second-order valence-corrected chi connectivity index (χ2v) is 7.81. The third-order valence-electron chi connectivity index (χ3n) is 3.55. The Morgan fingerprint density at radius 1 is 1.13 bits per heavy atom. The molecular formula is C16H19BrN2O3S. The fourth-order valence-corrected chi connectivity index (χ4v) is 4.68. The molecular weight excluding hydrogens is 380 g/mol. The molecule has 0 bridgehead atoms. The Morgan fingerprint density at radius 3 is 2.39 bits per heavy atom. The minimum atomic E-state index is -3.54. The van der Waals surface area contributed by atoms with E-state index in [-0.39, 0.29) is 10.8 Å². The van der Waals surface area contributed by atoms with Crippen molar-refractivity contribution < 1.29 is 13.2 Å². The zero-order valence-corrected chi connectivity index (χ0v) is 15.3. The van der Waals surface area contributed by atoms with E-state index in [0.717, 1.165) is 0 Å². The van der Waals surface area contributed by atoms with E-state index in [1.54, 1.807) is 41.3 Å². The van der Waals surface area contributed by atoms with E-state index in [1.165, 1.54) is 10.4 Å². The first kappa shape index (κ1) is 17.9. The van der Waals surface area contributed by atoms with Crippen LogP contribution in [0.25, 0.3) is 0 Å². The molecule has 0 aromatic heterocycles. The predicted octanol–water partition coefficient (Wildman–Crippen LogP) is 2.41. The summed E-state index contributed by atoms with van der Waals surface area (Å²) in [4.78, 5) is 13.9. The van der Waals surface area contributed by atoms with Crippen LogP contribution in [-0.2, 0) is 14.8 Å². The van der Waals surface area contributed by atoms with Gasteiger partial charge in [-0.1, -0.05) is 30.4 Å². The van der Waals surface area contributed by atoms with Gasteiger partial charge in [0.05, 0.1) is 4.90 Å². The Labute approximate surface area is 145 Å². The molecule has 0 unspecified atom stereocenters. The van der Waals surface area contributed by atoms with E-state index < -0.39 is 10.0 Å². The Bertz CT molecular complexity index is 721. The zero-order valence-electron chi connectivity index (χ0n) is 12.9. The number of rotatable bonds is 4. The van der Waals surface area contributed by atoms with Gasteiger partial charge in [-0.25, -0.2) is 8.42 Å². The second-order valence-electron chi connectivity index (χ2n) is 5.04. The largest absolute Gasteiger partial charge is 0.337 e. The predicted molar refractivity (Wildman–Crippen MR) is 93.4 cm³/mol. The van der Waals surface area contributed by atoms with E-state index in [0.29, 0.717) is 30.7 Å². The van der Waals surface area contributed by atoms with Gasteiger partial charge in [0.25, 0.3) is 0 Å². The van der Waals surface area contributed by atoms with Crippen molar-refractivity contribution in [3.05, 3.63) is 53.0 Å². The summed E-state index contributed by atoms with van der Waals surface area (Å²) in [6.45, 7) is 3.26. The van der Waals surface area contributed by atoms with Crippen molar-refractivity contribution in [3.63, 3.8) is 0 Å². The standard InChI is InChI=1S/C16H19BrN2O3S/c1-2-3-4-9-16(20)18-10-12-19(13-11-18)23(21,22)15-8-6-5-7-14(15)17/h2-9H,10-13H2,1H3. The molecule has 5 nitrogen and oxygen atoms in total. The molecule has 7 heteroatoms. The van der Waals surface area contributed by atoms with Gasteiger partial charge in [0.1, 0.15) is 0 Å². The van der Waals surface area contributed by atoms with Crippen molar-refractivity contribution in [3.8, 4) is 0 Å². The normalized spacial score (nSPS) is 17.2. The molecule has 124 valence electrons. The topological polar surface area (TPSA) is 57.7 Å². The van der Waals surface area contributed by atoms with E-state index in [9.17, 15) is 13.2 Å². The maximum atomic E-state index is 12.7. The first-order valence-corrected chi connectivity index (χ1v) is 9.53. The van der Waals surface area contributed by atoms with Crippen LogP contribution in [0.2, 0.25) is 0 Å². The van der Waals surface area contributed by atoms with Crippen LogP contribution in [0.1, 0.15) is 6.92 Å². The van der Waals surface area contributed by atoms with Crippen molar-refractivity contribution in [2.45, 2.75) is 11.8 Å². The average molecular weight is 399 g/mol. The van der Waals surface area contributed by atoms with Gasteiger partial charge in [0.2, 0.25) is 15.9 Å². The number of carbonyl (C=O) groups excluding carboxylic acids is 1. The maximum Gasteiger partial charge on any atom is 0.246 e. The van der Waals surface area contributed by atoms with Crippen LogP contribution in [-0.4, -0.2) is 49.7 Å². The van der Waals surface area contributed by atoms with Crippen molar-refractivity contribution in [1.29, 1.82) is 0 Å². The van der Waals surface area contributed by atoms with E-state index in [1.807, 2.05) is 13.0 Å². The molecule has 1 fully saturated rings. The highest BCUT2D eigenvalue weighted by Crippen LogP contribution is 2.25. The zero-order chi connectivity index (χ0) is 16.9. The summed E-state index contributed by atoms with van der Waals surface area (Å²) in [5.74, 6) is -0.0963. The lowest BCUT2D eigenvalue weighted by Gasteiger charge is -2.33. The molecule has 1 aromatic rings. The number of benzene rings is 1. The van der Waals surface area contributed by atoms with Gasteiger partial charge in [-0.2, -0.15) is 4.31 Å². The van der Waals surface area contributed by atoms with Crippen molar-refractivity contribution >= 4 is 31.9 Å². The van der Waals surface area contributed by atoms with Gasteiger partial charge < -0.3 is 4.90 Å². The number of nitrogens with zero attached hydrogens (tertiary/aromatic N) is 2. The highest BCUT2D eigenvalue weighted by atomic mass is 79.9. The maximum absolute atomic E-state index is 12.7. The molecule has 0 saturated carbocycles. The average Bonchev–Trinajstić information content (AvgIpc) is 2.55. The van der Waals surface area contributed by atoms with Crippen LogP contribution in [0, 0.1) is 0 Å². The highest BCUT2D eigenvalue weighted by Gasteiger charge is 2.30. The van der Waals surface area contributed by atoms with Crippen LogP contribution >= 0.6 is 15.9 Å². The van der Waals surface area contributed by atoms with Crippen LogP contribution in [0.3, 0.4) is 0 Å². The molecule has 0 N–H and O–H groups in total. The van der Waals surface area contributed by atoms with Crippen LogP contribution in [0.4, 0.5) is 0 Å². The van der Waals surface area contributed by atoms with Gasteiger partial charge in [0.15, 0.2) is 0 Å². The van der Waals surface area contributed by atoms with E-state index in [4.69, 9.17) is 0 Å². The summed E-state index contributed by atoms with van der Waals surface area (Å²) in [6, 6.07) is 6.76. The monoisotopic (exact) mass is 398 g/mol. The number of hydrogen-bond acceptors (Lipinski definition) is 3. The van der Waals surface area contributed by atoms with Gasteiger partial charge in [-0.3, -0.25) is 4.79 Å².